The van der Waals surface area contributed by atoms with Crippen molar-refractivity contribution in [1.29, 1.82) is 0 Å². The zero-order valence-corrected chi connectivity index (χ0v) is 9.90. The van der Waals surface area contributed by atoms with E-state index in [-0.39, 0.29) is 5.04 Å². The lowest BCUT2D eigenvalue weighted by Crippen LogP contribution is -2.42. The predicted molar refractivity (Wildman–Crippen MR) is 49.8 cm³/mol. The van der Waals surface area contributed by atoms with Crippen LogP contribution in [0.4, 0.5) is 0 Å². The van der Waals surface area contributed by atoms with E-state index < -0.39 is 18.7 Å². The van der Waals surface area contributed by atoms with Gasteiger partial charge in [-0.1, -0.05) is 20.8 Å². The van der Waals surface area contributed by atoms with Crippen molar-refractivity contribution >= 4 is 18.7 Å². The molecule has 0 aliphatic heterocycles. The molecule has 0 atom stereocenters. The topological polar surface area (TPSA) is 63.6 Å². The molecule has 0 aromatic rings. The van der Waals surface area contributed by atoms with E-state index >= 15 is 0 Å². The predicted octanol–water partition coefficient (Wildman–Crippen LogP) is 1.81. The minimum absolute atomic E-state index is 0.219. The molecule has 6 heteroatoms. The van der Waals surface area contributed by atoms with Crippen LogP contribution in [0.3, 0.4) is 0 Å². The Balaban J connectivity index is 4.67. The molecule has 1 N–H and O–H groups in total. The van der Waals surface area contributed by atoms with E-state index in [9.17, 15) is 8.42 Å². The highest BCUT2D eigenvalue weighted by molar-refractivity contribution is 7.82. The van der Waals surface area contributed by atoms with Crippen LogP contribution >= 0.6 is 0 Å². The third-order valence-electron chi connectivity index (χ3n) is 2.12. The first kappa shape index (κ1) is 12.1. The van der Waals surface area contributed by atoms with Crippen LogP contribution in [0, 0.1) is 0 Å². The van der Waals surface area contributed by atoms with Gasteiger partial charge in [0, 0.05) is 0 Å². The van der Waals surface area contributed by atoms with E-state index in [1.165, 1.54) is 0 Å². The fourth-order valence-corrected chi connectivity index (χ4v) is 3.49. The van der Waals surface area contributed by atoms with Crippen molar-refractivity contribution in [3.05, 3.63) is 0 Å². The largest absolute Gasteiger partial charge is 0.387 e. The van der Waals surface area contributed by atoms with Crippen LogP contribution in [0.5, 0.6) is 0 Å². The Bertz CT molecular complexity index is 249. The molecule has 0 radical (unpaired) electrons. The van der Waals surface area contributed by atoms with Gasteiger partial charge in [-0.2, -0.15) is 8.42 Å². The summed E-state index contributed by atoms with van der Waals surface area (Å²) < 4.78 is 34.1. The minimum Gasteiger partial charge on any atom is -0.294 e. The summed E-state index contributed by atoms with van der Waals surface area (Å²) in [6.07, 6.45) is 0. The standard InChI is InChI=1S/C6H16O4SSi/c1-6(2,3)12(4,5)10-11(7,8)9/h1-5H3,(H,7,8,9). The number of hydrogen-bond donors (Lipinski definition) is 1. The minimum atomic E-state index is -4.30. The summed E-state index contributed by atoms with van der Waals surface area (Å²) in [5.41, 5.74) is 0. The average Bonchev–Trinajstić information content (AvgIpc) is 1.52. The van der Waals surface area contributed by atoms with Crippen LogP contribution in [0.1, 0.15) is 20.8 Å². The molecule has 0 heterocycles. The van der Waals surface area contributed by atoms with Crippen molar-refractivity contribution in [2.24, 2.45) is 0 Å². The van der Waals surface area contributed by atoms with Gasteiger partial charge in [-0.05, 0) is 18.1 Å². The molecule has 0 amide bonds. The molecule has 0 spiro atoms. The first-order chi connectivity index (χ1) is 4.96. The Labute approximate surface area is 75.0 Å². The maximum atomic E-state index is 10.5. The third-order valence-corrected chi connectivity index (χ3v) is 8.24. The molecular weight excluding hydrogens is 196 g/mol. The van der Waals surface area contributed by atoms with Gasteiger partial charge >= 0.3 is 10.4 Å². The molecular formula is C6H16O4SSi. The quantitative estimate of drug-likeness (QED) is 0.560. The summed E-state index contributed by atoms with van der Waals surface area (Å²) in [6.45, 7) is 9.18. The summed E-state index contributed by atoms with van der Waals surface area (Å²) in [7, 11) is -6.68. The van der Waals surface area contributed by atoms with Crippen LogP contribution in [0.2, 0.25) is 18.1 Å². The van der Waals surface area contributed by atoms with Crippen molar-refractivity contribution in [2.45, 2.75) is 38.9 Å². The highest BCUT2D eigenvalue weighted by atomic mass is 32.3. The first-order valence-electron chi connectivity index (χ1n) is 3.64. The van der Waals surface area contributed by atoms with E-state index in [4.69, 9.17) is 4.55 Å². The summed E-state index contributed by atoms with van der Waals surface area (Å²) in [4.78, 5) is 0. The van der Waals surface area contributed by atoms with Gasteiger partial charge in [0.25, 0.3) is 0 Å². The summed E-state index contributed by atoms with van der Waals surface area (Å²) >= 11 is 0. The van der Waals surface area contributed by atoms with Crippen molar-refractivity contribution in [3.8, 4) is 0 Å². The van der Waals surface area contributed by atoms with Gasteiger partial charge in [0.1, 0.15) is 0 Å². The zero-order chi connectivity index (χ0) is 10.2. The zero-order valence-electron chi connectivity index (χ0n) is 8.08. The monoisotopic (exact) mass is 212 g/mol. The van der Waals surface area contributed by atoms with E-state index in [1.54, 1.807) is 13.1 Å². The van der Waals surface area contributed by atoms with Crippen LogP contribution in [0.25, 0.3) is 0 Å². The lowest BCUT2D eigenvalue weighted by atomic mass is 10.2. The van der Waals surface area contributed by atoms with Gasteiger partial charge in [-0.15, -0.1) is 0 Å². The SMILES string of the molecule is CC(C)(C)[Si](C)(C)OS(=O)(=O)O. The lowest BCUT2D eigenvalue weighted by molar-refractivity contribution is 0.371. The normalized spacial score (nSPS) is 14.8. The summed E-state index contributed by atoms with van der Waals surface area (Å²) in [5.74, 6) is 0. The molecule has 0 unspecified atom stereocenters. The molecule has 0 rings (SSSR count). The van der Waals surface area contributed by atoms with Gasteiger partial charge in [0.15, 0.2) is 0 Å². The molecule has 0 aromatic carbocycles. The van der Waals surface area contributed by atoms with Gasteiger partial charge in [-0.3, -0.25) is 8.42 Å². The lowest BCUT2D eigenvalue weighted by Gasteiger charge is -2.33. The van der Waals surface area contributed by atoms with Gasteiger partial charge in [0.2, 0.25) is 8.32 Å². The Morgan fingerprint density at radius 3 is 1.67 bits per heavy atom. The fourth-order valence-electron chi connectivity index (χ4n) is 0.388. The molecule has 4 nitrogen and oxygen atoms in total. The molecule has 0 aliphatic rings. The Kier molecular flexibility index (Phi) is 3.12. The maximum Gasteiger partial charge on any atom is 0.387 e. The maximum absolute atomic E-state index is 10.5. The Morgan fingerprint density at radius 1 is 1.25 bits per heavy atom. The van der Waals surface area contributed by atoms with Crippen LogP contribution < -0.4 is 0 Å². The molecule has 0 saturated heterocycles. The first-order valence-corrected chi connectivity index (χ1v) is 7.91. The highest BCUT2D eigenvalue weighted by Crippen LogP contribution is 2.37. The third kappa shape index (κ3) is 3.66. The molecule has 0 saturated carbocycles. The summed E-state index contributed by atoms with van der Waals surface area (Å²) in [5, 5.41) is -0.219. The van der Waals surface area contributed by atoms with Gasteiger partial charge in [-0.25, -0.2) is 0 Å². The molecule has 0 bridgehead atoms. The molecule has 74 valence electrons. The molecule has 0 aliphatic carbocycles. The smallest absolute Gasteiger partial charge is 0.294 e. The molecule has 0 fully saturated rings. The van der Waals surface area contributed by atoms with Crippen LogP contribution in [-0.4, -0.2) is 21.3 Å². The van der Waals surface area contributed by atoms with E-state index in [1.807, 2.05) is 20.8 Å². The van der Waals surface area contributed by atoms with Crippen LogP contribution in [0.15, 0.2) is 0 Å². The van der Waals surface area contributed by atoms with E-state index in [2.05, 4.69) is 3.87 Å². The number of hydrogen-bond acceptors (Lipinski definition) is 3. The van der Waals surface area contributed by atoms with Crippen molar-refractivity contribution in [2.75, 3.05) is 0 Å². The second-order valence-corrected chi connectivity index (χ2v) is 10.3. The number of rotatable bonds is 2. The van der Waals surface area contributed by atoms with E-state index in [0.29, 0.717) is 0 Å². The van der Waals surface area contributed by atoms with Crippen molar-refractivity contribution in [3.63, 3.8) is 0 Å². The molecule has 12 heavy (non-hydrogen) atoms. The molecule has 0 aromatic heterocycles. The Hall–Kier alpha value is 0.0869. The average molecular weight is 212 g/mol. The summed E-state index contributed by atoms with van der Waals surface area (Å²) in [6, 6.07) is 0. The van der Waals surface area contributed by atoms with Crippen molar-refractivity contribution < 1.29 is 16.8 Å². The second kappa shape index (κ2) is 3.10. The van der Waals surface area contributed by atoms with E-state index in [0.717, 1.165) is 0 Å². The second-order valence-electron chi connectivity index (χ2n) is 4.27. The fraction of sp³-hybridized carbons (Fsp3) is 1.00. The van der Waals surface area contributed by atoms with Crippen LogP contribution in [-0.2, 0) is 14.3 Å². The van der Waals surface area contributed by atoms with Crippen molar-refractivity contribution in [1.82, 2.24) is 0 Å². The Morgan fingerprint density at radius 2 is 1.58 bits per heavy atom. The van der Waals surface area contributed by atoms with Gasteiger partial charge in [0.05, 0.1) is 0 Å². The van der Waals surface area contributed by atoms with Gasteiger partial charge < -0.3 is 0 Å². The highest BCUT2D eigenvalue weighted by Gasteiger charge is 2.41.